The predicted molar refractivity (Wildman–Crippen MR) is 57.1 cm³/mol. The molecule has 0 saturated carbocycles. The van der Waals surface area contributed by atoms with Crippen LogP contribution in [0.1, 0.15) is 30.5 Å². The number of rotatable bonds is 2. The van der Waals surface area contributed by atoms with Crippen LogP contribution in [0.2, 0.25) is 0 Å². The SMILES string of the molecule is Cc1c(C(=O)NN)sc(C(=O)NN)c1C. The average molecular weight is 228 g/mol. The number of amides is 2. The fourth-order valence-electron chi connectivity index (χ4n) is 1.16. The van der Waals surface area contributed by atoms with Crippen LogP contribution in [-0.4, -0.2) is 11.8 Å². The van der Waals surface area contributed by atoms with Crippen molar-refractivity contribution >= 4 is 23.2 Å². The molecule has 0 aliphatic rings. The average Bonchev–Trinajstić information content (AvgIpc) is 2.54. The molecule has 1 heterocycles. The van der Waals surface area contributed by atoms with Crippen molar-refractivity contribution in [2.24, 2.45) is 11.7 Å². The van der Waals surface area contributed by atoms with Crippen LogP contribution in [0.5, 0.6) is 0 Å². The highest BCUT2D eigenvalue weighted by Gasteiger charge is 2.20. The lowest BCUT2D eigenvalue weighted by atomic mass is 10.1. The van der Waals surface area contributed by atoms with E-state index < -0.39 is 11.8 Å². The summed E-state index contributed by atoms with van der Waals surface area (Å²) >= 11 is 1.07. The van der Waals surface area contributed by atoms with Gasteiger partial charge in [-0.05, 0) is 25.0 Å². The van der Waals surface area contributed by atoms with Gasteiger partial charge in [-0.3, -0.25) is 20.4 Å². The number of thiophene rings is 1. The van der Waals surface area contributed by atoms with Gasteiger partial charge in [0.05, 0.1) is 9.75 Å². The standard InChI is InChI=1S/C8H12N4O2S/c1-3-4(2)6(8(14)12-10)15-5(3)7(13)11-9/h9-10H2,1-2H3,(H,11,13)(H,12,14). The van der Waals surface area contributed by atoms with Crippen LogP contribution >= 0.6 is 11.3 Å². The third-order valence-electron chi connectivity index (χ3n) is 2.12. The molecule has 0 atom stereocenters. The molecule has 82 valence electrons. The minimum absolute atomic E-state index is 0.406. The molecule has 6 nitrogen and oxygen atoms in total. The molecule has 0 bridgehead atoms. The maximum Gasteiger partial charge on any atom is 0.275 e. The van der Waals surface area contributed by atoms with E-state index in [-0.39, 0.29) is 0 Å². The maximum absolute atomic E-state index is 11.3. The zero-order valence-corrected chi connectivity index (χ0v) is 9.20. The van der Waals surface area contributed by atoms with Gasteiger partial charge in [-0.15, -0.1) is 11.3 Å². The first kappa shape index (κ1) is 11.6. The Morgan fingerprint density at radius 2 is 1.33 bits per heavy atom. The van der Waals surface area contributed by atoms with Crippen LogP contribution < -0.4 is 22.5 Å². The number of hydrazine groups is 2. The van der Waals surface area contributed by atoms with Gasteiger partial charge in [0.2, 0.25) is 0 Å². The second-order valence-electron chi connectivity index (χ2n) is 2.96. The Morgan fingerprint density at radius 3 is 1.60 bits per heavy atom. The van der Waals surface area contributed by atoms with Gasteiger partial charge in [0, 0.05) is 0 Å². The molecule has 0 aliphatic carbocycles. The van der Waals surface area contributed by atoms with Gasteiger partial charge in [-0.1, -0.05) is 0 Å². The topological polar surface area (TPSA) is 110 Å². The van der Waals surface area contributed by atoms with Crippen LogP contribution in [0.25, 0.3) is 0 Å². The molecular weight excluding hydrogens is 216 g/mol. The summed E-state index contributed by atoms with van der Waals surface area (Å²) in [7, 11) is 0. The molecule has 0 spiro atoms. The van der Waals surface area contributed by atoms with Crippen molar-refractivity contribution < 1.29 is 9.59 Å². The Bertz CT molecular complexity index is 377. The van der Waals surface area contributed by atoms with Crippen LogP contribution in [0.4, 0.5) is 0 Å². The molecular formula is C8H12N4O2S. The summed E-state index contributed by atoms with van der Waals surface area (Å²) in [6.45, 7) is 3.51. The molecule has 6 N–H and O–H groups in total. The molecule has 0 fully saturated rings. The van der Waals surface area contributed by atoms with Crippen molar-refractivity contribution in [3.05, 3.63) is 20.9 Å². The van der Waals surface area contributed by atoms with E-state index in [4.69, 9.17) is 11.7 Å². The Hall–Kier alpha value is -1.44. The van der Waals surface area contributed by atoms with Gasteiger partial charge in [0.1, 0.15) is 0 Å². The van der Waals surface area contributed by atoms with Crippen LogP contribution in [-0.2, 0) is 0 Å². The quantitative estimate of drug-likeness (QED) is 0.313. The molecule has 15 heavy (non-hydrogen) atoms. The Balaban J connectivity index is 3.24. The lowest BCUT2D eigenvalue weighted by Gasteiger charge is -1.97. The Morgan fingerprint density at radius 1 is 1.00 bits per heavy atom. The molecule has 1 rings (SSSR count). The van der Waals surface area contributed by atoms with E-state index in [2.05, 4.69) is 0 Å². The van der Waals surface area contributed by atoms with Crippen molar-refractivity contribution in [3.8, 4) is 0 Å². The van der Waals surface area contributed by atoms with Crippen molar-refractivity contribution in [3.63, 3.8) is 0 Å². The normalized spacial score (nSPS) is 9.87. The van der Waals surface area contributed by atoms with Crippen molar-refractivity contribution in [1.82, 2.24) is 10.9 Å². The summed E-state index contributed by atoms with van der Waals surface area (Å²) in [5, 5.41) is 0. The van der Waals surface area contributed by atoms with Crippen LogP contribution in [0, 0.1) is 13.8 Å². The summed E-state index contributed by atoms with van der Waals surface area (Å²) < 4.78 is 0. The van der Waals surface area contributed by atoms with E-state index in [1.165, 1.54) is 0 Å². The summed E-state index contributed by atoms with van der Waals surface area (Å²) in [4.78, 5) is 23.5. The minimum Gasteiger partial charge on any atom is -0.289 e. The second kappa shape index (κ2) is 4.39. The van der Waals surface area contributed by atoms with Crippen molar-refractivity contribution in [2.45, 2.75) is 13.8 Å². The Labute approximate surface area is 90.6 Å². The fraction of sp³-hybridized carbons (Fsp3) is 0.250. The first-order chi connectivity index (χ1) is 7.02. The first-order valence-electron chi connectivity index (χ1n) is 4.14. The van der Waals surface area contributed by atoms with E-state index >= 15 is 0 Å². The number of hydrogen-bond donors (Lipinski definition) is 4. The van der Waals surface area contributed by atoms with Gasteiger partial charge in [-0.2, -0.15) is 0 Å². The van der Waals surface area contributed by atoms with E-state index in [1.807, 2.05) is 10.9 Å². The highest BCUT2D eigenvalue weighted by atomic mass is 32.1. The van der Waals surface area contributed by atoms with Gasteiger partial charge in [0.15, 0.2) is 0 Å². The largest absolute Gasteiger partial charge is 0.289 e. The molecule has 0 radical (unpaired) electrons. The summed E-state index contributed by atoms with van der Waals surface area (Å²) in [6.07, 6.45) is 0. The monoisotopic (exact) mass is 228 g/mol. The van der Waals surface area contributed by atoms with E-state index in [0.29, 0.717) is 9.75 Å². The number of carbonyl (C=O) groups is 2. The van der Waals surface area contributed by atoms with E-state index in [0.717, 1.165) is 22.5 Å². The van der Waals surface area contributed by atoms with Gasteiger partial charge in [0.25, 0.3) is 11.8 Å². The zero-order chi connectivity index (χ0) is 11.6. The molecule has 1 aromatic rings. The highest BCUT2D eigenvalue weighted by Crippen LogP contribution is 2.27. The van der Waals surface area contributed by atoms with E-state index in [9.17, 15) is 9.59 Å². The number of nitrogen functional groups attached to an aromatic ring is 2. The Kier molecular flexibility index (Phi) is 3.40. The molecule has 0 aliphatic heterocycles. The second-order valence-corrected chi connectivity index (χ2v) is 3.98. The minimum atomic E-state index is -0.406. The molecule has 2 amide bonds. The van der Waals surface area contributed by atoms with Crippen LogP contribution in [0.3, 0.4) is 0 Å². The fourth-order valence-corrected chi connectivity index (χ4v) is 2.28. The van der Waals surface area contributed by atoms with Gasteiger partial charge in [-0.25, -0.2) is 11.7 Å². The van der Waals surface area contributed by atoms with Crippen molar-refractivity contribution in [2.75, 3.05) is 0 Å². The number of carbonyl (C=O) groups excluding carboxylic acids is 2. The summed E-state index contributed by atoms with van der Waals surface area (Å²) in [5.74, 6) is 9.23. The maximum atomic E-state index is 11.3. The third-order valence-corrected chi connectivity index (χ3v) is 3.51. The van der Waals surface area contributed by atoms with Gasteiger partial charge < -0.3 is 0 Å². The third kappa shape index (κ3) is 1.99. The number of nitrogens with two attached hydrogens (primary N) is 2. The van der Waals surface area contributed by atoms with E-state index in [1.54, 1.807) is 13.8 Å². The van der Waals surface area contributed by atoms with Crippen LogP contribution in [0.15, 0.2) is 0 Å². The highest BCUT2D eigenvalue weighted by molar-refractivity contribution is 7.16. The lowest BCUT2D eigenvalue weighted by molar-refractivity contribution is 0.0950. The smallest absolute Gasteiger partial charge is 0.275 e. The molecule has 1 aromatic heterocycles. The van der Waals surface area contributed by atoms with Gasteiger partial charge >= 0.3 is 0 Å². The predicted octanol–water partition coefficient (Wildman–Crippen LogP) is -0.428. The zero-order valence-electron chi connectivity index (χ0n) is 8.38. The molecule has 0 unspecified atom stereocenters. The summed E-state index contributed by atoms with van der Waals surface area (Å²) in [5.41, 5.74) is 5.53. The van der Waals surface area contributed by atoms with Crippen molar-refractivity contribution in [1.29, 1.82) is 0 Å². The first-order valence-corrected chi connectivity index (χ1v) is 4.96. The molecule has 0 aromatic carbocycles. The lowest BCUT2D eigenvalue weighted by Crippen LogP contribution is -2.30. The number of nitrogens with one attached hydrogen (secondary N) is 2. The summed E-state index contributed by atoms with van der Waals surface area (Å²) in [6, 6.07) is 0. The molecule has 0 saturated heterocycles. The molecule has 7 heteroatoms. The number of hydrogen-bond acceptors (Lipinski definition) is 5.